The van der Waals surface area contributed by atoms with Crippen LogP contribution in [0.15, 0.2) is 16.6 Å². The lowest BCUT2D eigenvalue weighted by Crippen LogP contribution is -2.45. The van der Waals surface area contributed by atoms with Crippen molar-refractivity contribution in [1.29, 1.82) is 0 Å². The molecule has 0 saturated carbocycles. The number of carbonyl (C=O) groups excluding carboxylic acids is 2. The molecule has 1 N–H and O–H groups in total. The van der Waals surface area contributed by atoms with E-state index in [1.165, 1.54) is 11.9 Å². The molecule has 1 heterocycles. The molecule has 0 radical (unpaired) electrons. The number of nitrogens with zero attached hydrogens (tertiary/aromatic N) is 2. The Labute approximate surface area is 209 Å². The number of likely N-dealkylation sites (N-methyl/N-ethyl adjacent to an activating group) is 1. The van der Waals surface area contributed by atoms with Gasteiger partial charge in [0.1, 0.15) is 23.2 Å². The molecule has 8 heteroatoms. The van der Waals surface area contributed by atoms with Crippen LogP contribution < -0.4 is 5.32 Å². The molecule has 1 aromatic rings. The average Bonchev–Trinajstić information content (AvgIpc) is 2.67. The minimum Gasteiger partial charge on any atom is -0.444 e. The van der Waals surface area contributed by atoms with Crippen LogP contribution in [0.5, 0.6) is 0 Å². The highest BCUT2D eigenvalue weighted by Crippen LogP contribution is 2.40. The number of aromatic nitrogens is 1. The number of ether oxygens (including phenoxy) is 1. The summed E-state index contributed by atoms with van der Waals surface area (Å²) in [5.74, 6) is 3.36. The Morgan fingerprint density at radius 3 is 2.03 bits per heavy atom. The first-order chi connectivity index (χ1) is 15.0. The number of hydrogen-bond donors (Lipinski definition) is 1. The number of halogens is 1. The summed E-state index contributed by atoms with van der Waals surface area (Å²) < 4.78 is 6.13. The van der Waals surface area contributed by atoms with Crippen LogP contribution in [0.25, 0.3) is 0 Å². The minimum atomic E-state index is -1.92. The number of pyridine rings is 1. The van der Waals surface area contributed by atoms with Crippen molar-refractivity contribution >= 4 is 41.8 Å². The summed E-state index contributed by atoms with van der Waals surface area (Å²) in [6.45, 7) is 20.6. The van der Waals surface area contributed by atoms with E-state index in [1.807, 2.05) is 6.07 Å². The Balaban J connectivity index is 3.15. The molecule has 0 aliphatic rings. The molecule has 0 aliphatic heterocycles. The summed E-state index contributed by atoms with van der Waals surface area (Å²) in [5, 5.41) is 2.80. The molecule has 33 heavy (non-hydrogen) atoms. The van der Waals surface area contributed by atoms with Gasteiger partial charge in [-0.1, -0.05) is 55.5 Å². The van der Waals surface area contributed by atoms with Crippen molar-refractivity contribution in [3.63, 3.8) is 0 Å². The predicted molar refractivity (Wildman–Crippen MR) is 142 cm³/mol. The molecule has 2 amide bonds. The summed E-state index contributed by atoms with van der Waals surface area (Å²) in [7, 11) is -0.375. The van der Waals surface area contributed by atoms with Crippen molar-refractivity contribution in [2.24, 2.45) is 0 Å². The molecule has 0 spiro atoms. The van der Waals surface area contributed by atoms with Gasteiger partial charge in [-0.3, -0.25) is 15.2 Å². The Morgan fingerprint density at radius 1 is 1.06 bits per heavy atom. The van der Waals surface area contributed by atoms with Crippen LogP contribution in [0.3, 0.4) is 0 Å². The fraction of sp³-hybridized carbons (Fsp3) is 0.640. The summed E-state index contributed by atoms with van der Waals surface area (Å²) in [6, 6.07) is 2.81. The Kier molecular flexibility index (Phi) is 10.2. The molecule has 185 valence electrons. The third kappa shape index (κ3) is 7.58. The number of nitrogens with one attached hydrogen (secondary N) is 1. The fourth-order valence-corrected chi connectivity index (χ4v) is 9.62. The number of amides is 2. The predicted octanol–water partition coefficient (Wildman–Crippen LogP) is 6.61. The van der Waals surface area contributed by atoms with Crippen LogP contribution in [0.4, 0.5) is 10.6 Å². The van der Waals surface area contributed by atoms with Gasteiger partial charge >= 0.3 is 6.09 Å². The highest BCUT2D eigenvalue weighted by molar-refractivity contribution is 9.10. The van der Waals surface area contributed by atoms with Gasteiger partial charge in [0, 0.05) is 7.05 Å². The molecule has 0 aromatic carbocycles. The Morgan fingerprint density at radius 2 is 1.58 bits per heavy atom. The van der Waals surface area contributed by atoms with Crippen molar-refractivity contribution in [3.8, 4) is 11.5 Å². The second-order valence-electron chi connectivity index (χ2n) is 10.4. The lowest BCUT2D eigenvalue weighted by Gasteiger charge is -2.50. The zero-order chi connectivity index (χ0) is 25.7. The van der Waals surface area contributed by atoms with Crippen molar-refractivity contribution < 1.29 is 14.3 Å². The normalized spacial score (nSPS) is 12.9. The standard InChI is InChI=1S/C25H40BrN3O3Si/c1-16(2)33(17(3)4,18(5)6)15-14-21-20(26)12-13-22(27-21)28-23(30)19(7)29(11)24(31)32-25(8,9)10/h12-13,16-19H,1-11H3,(H,27,28,30)/q-1. The van der Waals surface area contributed by atoms with Crippen molar-refractivity contribution in [3.05, 3.63) is 22.3 Å². The van der Waals surface area contributed by atoms with Crippen LogP contribution in [0.1, 0.15) is 74.9 Å². The summed E-state index contributed by atoms with van der Waals surface area (Å²) >= 11 is 3.54. The van der Waals surface area contributed by atoms with E-state index < -0.39 is 25.8 Å². The maximum absolute atomic E-state index is 12.8. The van der Waals surface area contributed by atoms with E-state index in [1.54, 1.807) is 33.8 Å². The van der Waals surface area contributed by atoms with E-state index in [0.29, 0.717) is 28.1 Å². The van der Waals surface area contributed by atoms with Gasteiger partial charge in [-0.25, -0.2) is 9.78 Å². The number of anilines is 1. The number of carbonyl (C=O) groups is 2. The smallest absolute Gasteiger partial charge is 0.410 e. The molecule has 1 rings (SSSR count). The molecule has 0 fully saturated rings. The molecule has 1 atom stereocenters. The Bertz CT molecular complexity index is 892. The van der Waals surface area contributed by atoms with Gasteiger partial charge in [-0.15, -0.1) is 16.6 Å². The van der Waals surface area contributed by atoms with E-state index in [2.05, 4.69) is 79.2 Å². The van der Waals surface area contributed by atoms with Crippen LogP contribution in [0, 0.1) is 11.5 Å². The van der Waals surface area contributed by atoms with Crippen LogP contribution >= 0.6 is 15.9 Å². The molecular weight excluding hydrogens is 498 g/mol. The monoisotopic (exact) mass is 537 g/mol. The lowest BCUT2D eigenvalue weighted by molar-refractivity contribution is -0.120. The van der Waals surface area contributed by atoms with Gasteiger partial charge in [0.05, 0.1) is 4.47 Å². The third-order valence-corrected chi connectivity index (χ3v) is 12.9. The van der Waals surface area contributed by atoms with Gasteiger partial charge in [0.25, 0.3) is 0 Å². The van der Waals surface area contributed by atoms with Crippen LogP contribution in [-0.2, 0) is 9.53 Å². The first-order valence-electron chi connectivity index (χ1n) is 11.5. The van der Waals surface area contributed by atoms with Crippen LogP contribution in [-0.4, -0.2) is 48.6 Å². The SMILES string of the molecule is CC(C(=O)Nc1ccc(Br)c(C#C[Si-](C(C)C)(C(C)C)C(C)C)n1)N(C)C(=O)OC(C)(C)C. The van der Waals surface area contributed by atoms with Crippen molar-refractivity contribution in [1.82, 2.24) is 9.88 Å². The first kappa shape index (κ1) is 29.2. The fourth-order valence-electron chi connectivity index (χ4n) is 4.10. The highest BCUT2D eigenvalue weighted by atomic mass is 79.9. The number of hydrogen-bond acceptors (Lipinski definition) is 4. The second kappa shape index (κ2) is 11.5. The van der Waals surface area contributed by atoms with E-state index in [-0.39, 0.29) is 5.91 Å². The lowest BCUT2D eigenvalue weighted by atomic mass is 10.2. The maximum Gasteiger partial charge on any atom is 0.410 e. The molecule has 1 aromatic heterocycles. The molecule has 0 saturated heterocycles. The van der Waals surface area contributed by atoms with Gasteiger partial charge in [-0.2, -0.15) is 0 Å². The zero-order valence-corrected chi connectivity index (χ0v) is 24.5. The van der Waals surface area contributed by atoms with E-state index in [0.717, 1.165) is 4.47 Å². The zero-order valence-electron chi connectivity index (χ0n) is 22.0. The van der Waals surface area contributed by atoms with Crippen molar-refractivity contribution in [2.45, 2.75) is 97.5 Å². The van der Waals surface area contributed by atoms with Crippen LogP contribution in [0.2, 0.25) is 16.6 Å². The first-order valence-corrected chi connectivity index (χ1v) is 14.5. The molecule has 1 unspecified atom stereocenters. The van der Waals surface area contributed by atoms with Gasteiger partial charge < -0.3 is 10.1 Å². The van der Waals surface area contributed by atoms with Gasteiger partial charge in [0.2, 0.25) is 5.91 Å². The van der Waals surface area contributed by atoms with Gasteiger partial charge in [-0.05, 0) is 55.8 Å². The Hall–Kier alpha value is -1.85. The van der Waals surface area contributed by atoms with Crippen molar-refractivity contribution in [2.75, 3.05) is 12.4 Å². The average molecular weight is 539 g/mol. The second-order valence-corrected chi connectivity index (χ2v) is 16.9. The summed E-state index contributed by atoms with van der Waals surface area (Å²) in [4.78, 5) is 30.9. The van der Waals surface area contributed by atoms with E-state index in [4.69, 9.17) is 4.74 Å². The highest BCUT2D eigenvalue weighted by Gasteiger charge is 2.29. The van der Waals surface area contributed by atoms with E-state index >= 15 is 0 Å². The third-order valence-electron chi connectivity index (χ3n) is 6.00. The van der Waals surface area contributed by atoms with E-state index in [9.17, 15) is 9.59 Å². The minimum absolute atomic E-state index is 0.354. The molecule has 0 aliphatic carbocycles. The largest absolute Gasteiger partial charge is 0.444 e. The molecular formula is C25H40BrN3O3Si-. The quantitative estimate of drug-likeness (QED) is 0.327. The maximum atomic E-state index is 12.8. The molecule has 0 bridgehead atoms. The summed E-state index contributed by atoms with van der Waals surface area (Å²) in [6.07, 6.45) is -0.558. The van der Waals surface area contributed by atoms with Gasteiger partial charge in [0.15, 0.2) is 0 Å². The number of rotatable bonds is 6. The summed E-state index contributed by atoms with van der Waals surface area (Å²) in [5.41, 5.74) is 5.15. The molecule has 6 nitrogen and oxygen atoms in total. The topological polar surface area (TPSA) is 71.5 Å².